The lowest BCUT2D eigenvalue weighted by molar-refractivity contribution is 0.150. The highest BCUT2D eigenvalue weighted by atomic mass is 32.2. The standard InChI is InChI=1S/C13H27NO2S/c1-4-17(15,16)9-5-6-11-10-13(2,3)8-7-12(11)14/h11-12H,4-10,14H2,1-3H3. The Labute approximate surface area is 106 Å². The number of hydrogen-bond acceptors (Lipinski definition) is 3. The van der Waals surface area contributed by atoms with E-state index in [-0.39, 0.29) is 11.8 Å². The van der Waals surface area contributed by atoms with Crippen molar-refractivity contribution < 1.29 is 8.42 Å². The smallest absolute Gasteiger partial charge is 0.150 e. The summed E-state index contributed by atoms with van der Waals surface area (Å²) in [4.78, 5) is 0. The zero-order valence-electron chi connectivity index (χ0n) is 11.4. The Kier molecular flexibility index (Phi) is 5.02. The van der Waals surface area contributed by atoms with Gasteiger partial charge in [0.2, 0.25) is 0 Å². The zero-order valence-corrected chi connectivity index (χ0v) is 12.2. The van der Waals surface area contributed by atoms with Crippen LogP contribution < -0.4 is 5.73 Å². The Morgan fingerprint density at radius 3 is 2.59 bits per heavy atom. The normalized spacial score (nSPS) is 29.2. The van der Waals surface area contributed by atoms with Gasteiger partial charge in [-0.05, 0) is 43.4 Å². The first-order chi connectivity index (χ1) is 7.76. The minimum atomic E-state index is -2.81. The van der Waals surface area contributed by atoms with Gasteiger partial charge in [0, 0.05) is 11.8 Å². The summed E-state index contributed by atoms with van der Waals surface area (Å²) in [5.41, 5.74) is 6.51. The van der Waals surface area contributed by atoms with E-state index >= 15 is 0 Å². The molecule has 2 atom stereocenters. The van der Waals surface area contributed by atoms with Crippen molar-refractivity contribution in [1.82, 2.24) is 0 Å². The summed E-state index contributed by atoms with van der Waals surface area (Å²) < 4.78 is 22.8. The summed E-state index contributed by atoms with van der Waals surface area (Å²) >= 11 is 0. The Morgan fingerprint density at radius 2 is 2.00 bits per heavy atom. The molecule has 0 amide bonds. The Hall–Kier alpha value is -0.0900. The predicted molar refractivity (Wildman–Crippen MR) is 72.7 cm³/mol. The molecule has 102 valence electrons. The second-order valence-corrected chi connectivity index (χ2v) is 8.68. The lowest BCUT2D eigenvalue weighted by Crippen LogP contribution is -2.39. The molecule has 1 saturated carbocycles. The van der Waals surface area contributed by atoms with E-state index < -0.39 is 9.84 Å². The maximum Gasteiger partial charge on any atom is 0.150 e. The second kappa shape index (κ2) is 5.70. The molecule has 0 bridgehead atoms. The van der Waals surface area contributed by atoms with Crippen LogP contribution in [0.2, 0.25) is 0 Å². The first-order valence-electron chi connectivity index (χ1n) is 6.72. The minimum absolute atomic E-state index is 0.259. The van der Waals surface area contributed by atoms with Crippen molar-refractivity contribution in [2.75, 3.05) is 11.5 Å². The zero-order chi connectivity index (χ0) is 13.1. The predicted octanol–water partition coefficient (Wildman–Crippen LogP) is 2.35. The van der Waals surface area contributed by atoms with E-state index in [0.29, 0.717) is 17.1 Å². The Morgan fingerprint density at radius 1 is 1.35 bits per heavy atom. The highest BCUT2D eigenvalue weighted by Gasteiger charge is 2.32. The summed E-state index contributed by atoms with van der Waals surface area (Å²) in [5, 5.41) is 0. The van der Waals surface area contributed by atoms with Crippen LogP contribution >= 0.6 is 0 Å². The van der Waals surface area contributed by atoms with E-state index in [4.69, 9.17) is 5.73 Å². The van der Waals surface area contributed by atoms with Gasteiger partial charge in [0.25, 0.3) is 0 Å². The van der Waals surface area contributed by atoms with Crippen LogP contribution in [-0.2, 0) is 9.84 Å². The fourth-order valence-electron chi connectivity index (χ4n) is 2.78. The molecule has 2 N–H and O–H groups in total. The first-order valence-corrected chi connectivity index (χ1v) is 8.54. The second-order valence-electron chi connectivity index (χ2n) is 6.21. The van der Waals surface area contributed by atoms with Crippen LogP contribution in [0.15, 0.2) is 0 Å². The quantitative estimate of drug-likeness (QED) is 0.826. The van der Waals surface area contributed by atoms with Crippen molar-refractivity contribution in [2.45, 2.75) is 58.9 Å². The monoisotopic (exact) mass is 261 g/mol. The molecule has 3 nitrogen and oxygen atoms in total. The van der Waals surface area contributed by atoms with Gasteiger partial charge in [-0.1, -0.05) is 20.8 Å². The fraction of sp³-hybridized carbons (Fsp3) is 1.00. The molecule has 0 saturated heterocycles. The lowest BCUT2D eigenvalue weighted by Gasteiger charge is -2.39. The summed E-state index contributed by atoms with van der Waals surface area (Å²) in [6, 6.07) is 0.271. The van der Waals surface area contributed by atoms with Gasteiger partial charge in [-0.3, -0.25) is 0 Å². The first kappa shape index (κ1) is 15.0. The van der Waals surface area contributed by atoms with Crippen LogP contribution in [0.3, 0.4) is 0 Å². The van der Waals surface area contributed by atoms with Gasteiger partial charge >= 0.3 is 0 Å². The Balaban J connectivity index is 2.40. The van der Waals surface area contributed by atoms with Crippen molar-refractivity contribution in [3.8, 4) is 0 Å². The molecule has 1 aliphatic rings. The highest BCUT2D eigenvalue weighted by Crippen LogP contribution is 2.39. The summed E-state index contributed by atoms with van der Waals surface area (Å²) in [5.74, 6) is 1.09. The molecule has 0 heterocycles. The molecule has 0 aliphatic heterocycles. The SMILES string of the molecule is CCS(=O)(=O)CCCC1CC(C)(C)CCC1N. The van der Waals surface area contributed by atoms with Crippen molar-refractivity contribution in [1.29, 1.82) is 0 Å². The van der Waals surface area contributed by atoms with E-state index in [1.165, 1.54) is 6.42 Å². The topological polar surface area (TPSA) is 60.2 Å². The van der Waals surface area contributed by atoms with Crippen LogP contribution in [0.4, 0.5) is 0 Å². The van der Waals surface area contributed by atoms with Crippen LogP contribution in [0.1, 0.15) is 52.9 Å². The van der Waals surface area contributed by atoms with Crippen molar-refractivity contribution in [3.05, 3.63) is 0 Å². The molecule has 0 aromatic rings. The molecule has 1 rings (SSSR count). The third-order valence-corrected chi connectivity index (χ3v) is 5.84. The summed E-state index contributed by atoms with van der Waals surface area (Å²) in [6.07, 6.45) is 5.14. The van der Waals surface area contributed by atoms with E-state index in [0.717, 1.165) is 25.7 Å². The van der Waals surface area contributed by atoms with Crippen LogP contribution in [-0.4, -0.2) is 26.0 Å². The molecule has 0 aromatic carbocycles. The number of sulfone groups is 1. The van der Waals surface area contributed by atoms with Crippen LogP contribution in [0.25, 0.3) is 0 Å². The number of nitrogens with two attached hydrogens (primary N) is 1. The van der Waals surface area contributed by atoms with E-state index in [1.54, 1.807) is 6.92 Å². The molecule has 2 unspecified atom stereocenters. The highest BCUT2D eigenvalue weighted by molar-refractivity contribution is 7.91. The summed E-state index contributed by atoms with van der Waals surface area (Å²) in [6.45, 7) is 6.29. The third kappa shape index (κ3) is 4.96. The number of hydrogen-bond donors (Lipinski definition) is 1. The lowest BCUT2D eigenvalue weighted by atomic mass is 9.69. The fourth-order valence-corrected chi connectivity index (χ4v) is 3.68. The molecule has 0 spiro atoms. The molecule has 17 heavy (non-hydrogen) atoms. The Bertz CT molecular complexity index is 335. The molecule has 0 radical (unpaired) electrons. The average Bonchev–Trinajstić information content (AvgIpc) is 2.23. The van der Waals surface area contributed by atoms with Crippen molar-refractivity contribution in [3.63, 3.8) is 0 Å². The molecule has 1 aliphatic carbocycles. The van der Waals surface area contributed by atoms with Gasteiger partial charge in [-0.2, -0.15) is 0 Å². The van der Waals surface area contributed by atoms with Gasteiger partial charge < -0.3 is 5.73 Å². The van der Waals surface area contributed by atoms with E-state index in [9.17, 15) is 8.42 Å². The summed E-state index contributed by atoms with van der Waals surface area (Å²) in [7, 11) is -2.81. The van der Waals surface area contributed by atoms with Gasteiger partial charge in [0.05, 0.1) is 5.75 Å². The molecular weight excluding hydrogens is 234 g/mol. The van der Waals surface area contributed by atoms with Gasteiger partial charge in [-0.25, -0.2) is 8.42 Å². The number of rotatable bonds is 5. The van der Waals surface area contributed by atoms with Gasteiger partial charge in [0.15, 0.2) is 0 Å². The minimum Gasteiger partial charge on any atom is -0.327 e. The largest absolute Gasteiger partial charge is 0.327 e. The van der Waals surface area contributed by atoms with Crippen molar-refractivity contribution >= 4 is 9.84 Å². The van der Waals surface area contributed by atoms with Gasteiger partial charge in [0.1, 0.15) is 9.84 Å². The van der Waals surface area contributed by atoms with Crippen LogP contribution in [0.5, 0.6) is 0 Å². The van der Waals surface area contributed by atoms with Crippen LogP contribution in [0, 0.1) is 11.3 Å². The van der Waals surface area contributed by atoms with E-state index in [2.05, 4.69) is 13.8 Å². The maximum atomic E-state index is 11.4. The molecular formula is C13H27NO2S. The average molecular weight is 261 g/mol. The van der Waals surface area contributed by atoms with E-state index in [1.807, 2.05) is 0 Å². The molecule has 1 fully saturated rings. The third-order valence-electron chi connectivity index (χ3n) is 4.04. The van der Waals surface area contributed by atoms with Crippen molar-refractivity contribution in [2.24, 2.45) is 17.1 Å². The van der Waals surface area contributed by atoms with Gasteiger partial charge in [-0.15, -0.1) is 0 Å². The maximum absolute atomic E-state index is 11.4. The molecule has 4 heteroatoms. The molecule has 0 aromatic heterocycles.